The van der Waals surface area contributed by atoms with Crippen LogP contribution in [0.15, 0.2) is 47.6 Å². The highest BCUT2D eigenvalue weighted by Crippen LogP contribution is 2.24. The second-order valence-electron chi connectivity index (χ2n) is 4.88. The maximum Gasteiger partial charge on any atom is 0.292 e. The van der Waals surface area contributed by atoms with Crippen molar-refractivity contribution in [3.8, 4) is 5.75 Å². The molecule has 7 nitrogen and oxygen atoms in total. The number of hydrogen-bond acceptors (Lipinski definition) is 5. The van der Waals surface area contributed by atoms with E-state index >= 15 is 0 Å². The maximum absolute atomic E-state index is 11.0. The second kappa shape index (κ2) is 8.41. The molecule has 0 radical (unpaired) electrons. The monoisotopic (exact) mass is 378 g/mol. The maximum atomic E-state index is 11.0. The van der Waals surface area contributed by atoms with Crippen molar-refractivity contribution in [3.63, 3.8) is 0 Å². The third-order valence-corrected chi connectivity index (χ3v) is 3.65. The van der Waals surface area contributed by atoms with Gasteiger partial charge in [0.1, 0.15) is 11.4 Å². The van der Waals surface area contributed by atoms with Gasteiger partial charge in [-0.1, -0.05) is 23.7 Å². The van der Waals surface area contributed by atoms with Gasteiger partial charge >= 0.3 is 0 Å². The molecule has 0 fully saturated rings. The summed E-state index contributed by atoms with van der Waals surface area (Å²) in [5, 5.41) is 18.6. The quantitative estimate of drug-likeness (QED) is 0.354. The van der Waals surface area contributed by atoms with Crippen LogP contribution >= 0.6 is 23.8 Å². The van der Waals surface area contributed by atoms with Crippen molar-refractivity contribution in [2.45, 2.75) is 6.92 Å². The number of thiocarbonyl (C=S) groups is 1. The average molecular weight is 379 g/mol. The van der Waals surface area contributed by atoms with E-state index < -0.39 is 4.92 Å². The largest absolute Gasteiger partial charge is 0.496 e. The molecule has 0 spiro atoms. The predicted molar refractivity (Wildman–Crippen MR) is 103 cm³/mol. The third-order valence-electron chi connectivity index (χ3n) is 3.23. The van der Waals surface area contributed by atoms with Crippen molar-refractivity contribution in [3.05, 3.63) is 63.2 Å². The van der Waals surface area contributed by atoms with Crippen molar-refractivity contribution in [2.75, 3.05) is 12.4 Å². The van der Waals surface area contributed by atoms with Crippen molar-refractivity contribution in [2.24, 2.45) is 5.10 Å². The molecule has 2 aromatic carbocycles. The molecule has 0 aliphatic heterocycles. The number of nitro benzene ring substituents is 1. The van der Waals surface area contributed by atoms with E-state index in [9.17, 15) is 10.1 Å². The number of para-hydroxylation sites is 2. The molecular weight excluding hydrogens is 364 g/mol. The fraction of sp³-hybridized carbons (Fsp3) is 0.125. The number of rotatable bonds is 5. The Balaban J connectivity index is 2.13. The van der Waals surface area contributed by atoms with Crippen LogP contribution in [0.2, 0.25) is 5.02 Å². The van der Waals surface area contributed by atoms with Gasteiger partial charge in [-0.3, -0.25) is 15.5 Å². The molecule has 9 heteroatoms. The Morgan fingerprint density at radius 2 is 2.04 bits per heavy atom. The van der Waals surface area contributed by atoms with E-state index in [0.29, 0.717) is 22.0 Å². The van der Waals surface area contributed by atoms with Gasteiger partial charge in [-0.25, -0.2) is 0 Å². The standard InChI is InChI=1S/C16H15ClN4O3S/c1-10(12-9-11(17)7-8-15(12)24-2)19-20-16(25)18-13-5-3-4-6-14(13)21(22)23/h3-9H,1-2H3,(H2,18,20,25)/b19-10-. The van der Waals surface area contributed by atoms with Crippen LogP contribution < -0.4 is 15.5 Å². The molecule has 0 bridgehead atoms. The molecule has 130 valence electrons. The van der Waals surface area contributed by atoms with Crippen molar-refractivity contribution < 1.29 is 9.66 Å². The molecule has 0 saturated carbocycles. The summed E-state index contributed by atoms with van der Waals surface area (Å²) < 4.78 is 5.28. The van der Waals surface area contributed by atoms with Crippen LogP contribution in [0.4, 0.5) is 11.4 Å². The number of ether oxygens (including phenoxy) is 1. The number of anilines is 1. The molecule has 0 aromatic heterocycles. The van der Waals surface area contributed by atoms with Crippen LogP contribution in [0.3, 0.4) is 0 Å². The first-order chi connectivity index (χ1) is 11.9. The number of methoxy groups -OCH3 is 1. The van der Waals surface area contributed by atoms with Gasteiger partial charge in [0.2, 0.25) is 0 Å². The average Bonchev–Trinajstić information content (AvgIpc) is 2.60. The smallest absolute Gasteiger partial charge is 0.292 e. The lowest BCUT2D eigenvalue weighted by molar-refractivity contribution is -0.383. The van der Waals surface area contributed by atoms with Gasteiger partial charge in [0.05, 0.1) is 17.7 Å². The molecule has 0 unspecified atom stereocenters. The van der Waals surface area contributed by atoms with E-state index in [1.807, 2.05) is 0 Å². The minimum absolute atomic E-state index is 0.0798. The highest BCUT2D eigenvalue weighted by Gasteiger charge is 2.13. The lowest BCUT2D eigenvalue weighted by Crippen LogP contribution is -2.25. The van der Waals surface area contributed by atoms with E-state index in [1.165, 1.54) is 6.07 Å². The molecule has 0 amide bonds. The summed E-state index contributed by atoms with van der Waals surface area (Å²) in [7, 11) is 1.55. The summed E-state index contributed by atoms with van der Waals surface area (Å²) >= 11 is 11.1. The first kappa shape index (κ1) is 18.6. The first-order valence-corrected chi connectivity index (χ1v) is 7.89. The summed E-state index contributed by atoms with van der Waals surface area (Å²) in [5.41, 5.74) is 4.14. The second-order valence-corrected chi connectivity index (χ2v) is 5.73. The first-order valence-electron chi connectivity index (χ1n) is 7.11. The van der Waals surface area contributed by atoms with Gasteiger partial charge in [-0.15, -0.1) is 0 Å². The Kier molecular flexibility index (Phi) is 6.26. The molecule has 2 aromatic rings. The summed E-state index contributed by atoms with van der Waals surface area (Å²) in [6, 6.07) is 11.4. The Hall–Kier alpha value is -2.71. The SMILES string of the molecule is COc1ccc(Cl)cc1/C(C)=N\NC(=S)Nc1ccccc1[N+](=O)[O-]. The topological polar surface area (TPSA) is 88.8 Å². The van der Waals surface area contributed by atoms with Gasteiger partial charge in [-0.2, -0.15) is 5.10 Å². The third kappa shape index (κ3) is 4.88. The van der Waals surface area contributed by atoms with Gasteiger partial charge in [0, 0.05) is 16.7 Å². The van der Waals surface area contributed by atoms with E-state index in [-0.39, 0.29) is 16.5 Å². The predicted octanol–water partition coefficient (Wildman–Crippen LogP) is 3.97. The summed E-state index contributed by atoms with van der Waals surface area (Å²) in [4.78, 5) is 10.5. The lowest BCUT2D eigenvalue weighted by Gasteiger charge is -2.10. The Bertz CT molecular complexity index is 842. The highest BCUT2D eigenvalue weighted by molar-refractivity contribution is 7.80. The van der Waals surface area contributed by atoms with Crippen LogP contribution in [0, 0.1) is 10.1 Å². The number of nitrogens with zero attached hydrogens (tertiary/aromatic N) is 2. The summed E-state index contributed by atoms with van der Waals surface area (Å²) in [6.07, 6.45) is 0. The van der Waals surface area contributed by atoms with Gasteiger partial charge in [-0.05, 0) is 43.4 Å². The van der Waals surface area contributed by atoms with Gasteiger partial charge < -0.3 is 10.1 Å². The van der Waals surface area contributed by atoms with Crippen LogP contribution in [0.1, 0.15) is 12.5 Å². The fourth-order valence-electron chi connectivity index (χ4n) is 2.05. The van der Waals surface area contributed by atoms with Gasteiger partial charge in [0.15, 0.2) is 5.11 Å². The molecule has 0 aliphatic rings. The summed E-state index contributed by atoms with van der Waals surface area (Å²) in [6.45, 7) is 1.76. The molecule has 2 rings (SSSR count). The molecule has 0 saturated heterocycles. The van der Waals surface area contributed by atoms with Crippen LogP contribution in [0.25, 0.3) is 0 Å². The Morgan fingerprint density at radius 1 is 1.32 bits per heavy atom. The van der Waals surface area contributed by atoms with Crippen molar-refractivity contribution in [1.29, 1.82) is 0 Å². The Morgan fingerprint density at radius 3 is 2.72 bits per heavy atom. The Labute approximate surface area is 154 Å². The van der Waals surface area contributed by atoms with Crippen LogP contribution in [-0.2, 0) is 0 Å². The van der Waals surface area contributed by atoms with Crippen molar-refractivity contribution in [1.82, 2.24) is 5.43 Å². The molecule has 25 heavy (non-hydrogen) atoms. The van der Waals surface area contributed by atoms with Crippen molar-refractivity contribution >= 4 is 46.0 Å². The molecule has 2 N–H and O–H groups in total. The van der Waals surface area contributed by atoms with E-state index in [2.05, 4.69) is 15.8 Å². The van der Waals surface area contributed by atoms with Gasteiger partial charge in [0.25, 0.3) is 5.69 Å². The number of halogens is 1. The normalized spacial score (nSPS) is 10.9. The number of benzene rings is 2. The zero-order valence-corrected chi connectivity index (χ0v) is 15.0. The summed E-state index contributed by atoms with van der Waals surface area (Å²) in [5.74, 6) is 0.616. The molecule has 0 heterocycles. The molecule has 0 aliphatic carbocycles. The lowest BCUT2D eigenvalue weighted by atomic mass is 10.1. The number of hydrogen-bond donors (Lipinski definition) is 2. The zero-order chi connectivity index (χ0) is 18.4. The minimum atomic E-state index is -0.490. The van der Waals surface area contributed by atoms with E-state index in [1.54, 1.807) is 50.4 Å². The van der Waals surface area contributed by atoms with Crippen LogP contribution in [-0.4, -0.2) is 22.9 Å². The molecule has 0 atom stereocenters. The van der Waals surface area contributed by atoms with E-state index in [0.717, 1.165) is 0 Å². The minimum Gasteiger partial charge on any atom is -0.496 e. The zero-order valence-electron chi connectivity index (χ0n) is 13.4. The number of hydrazone groups is 1. The number of nitro groups is 1. The molecular formula is C16H15ClN4O3S. The van der Waals surface area contributed by atoms with E-state index in [4.69, 9.17) is 28.6 Å². The number of nitrogens with one attached hydrogen (secondary N) is 2. The fourth-order valence-corrected chi connectivity index (χ4v) is 2.37. The van der Waals surface area contributed by atoms with Crippen LogP contribution in [0.5, 0.6) is 5.75 Å². The highest BCUT2D eigenvalue weighted by atomic mass is 35.5.